The maximum atomic E-state index is 12.8. The van der Waals surface area contributed by atoms with Gasteiger partial charge in [-0.25, -0.2) is 14.4 Å². The number of aryl methyl sites for hydroxylation is 1. The second-order valence-electron chi connectivity index (χ2n) is 4.45. The number of hydrogen-bond acceptors (Lipinski definition) is 3. The van der Waals surface area contributed by atoms with Crippen LogP contribution in [0.2, 0.25) is 0 Å². The van der Waals surface area contributed by atoms with Gasteiger partial charge in [0.05, 0.1) is 0 Å². The number of hydrogen-bond donors (Lipinski definition) is 1. The van der Waals surface area contributed by atoms with Crippen molar-refractivity contribution in [1.82, 2.24) is 9.97 Å². The van der Waals surface area contributed by atoms with Crippen LogP contribution >= 0.6 is 0 Å². The van der Waals surface area contributed by atoms with E-state index in [1.54, 1.807) is 12.1 Å². The van der Waals surface area contributed by atoms with Gasteiger partial charge in [0.2, 0.25) is 0 Å². The third-order valence-corrected chi connectivity index (χ3v) is 3.03. The fraction of sp³-hybridized carbons (Fsp3) is 0.333. The molecule has 0 aliphatic heterocycles. The van der Waals surface area contributed by atoms with E-state index in [9.17, 15) is 4.39 Å². The Morgan fingerprint density at radius 3 is 2.58 bits per heavy atom. The van der Waals surface area contributed by atoms with E-state index in [1.807, 2.05) is 6.20 Å². The van der Waals surface area contributed by atoms with Crippen LogP contribution in [0.5, 0.6) is 0 Å². The lowest BCUT2D eigenvalue weighted by atomic mass is 10.1. The maximum Gasteiger partial charge on any atom is 0.132 e. The summed E-state index contributed by atoms with van der Waals surface area (Å²) in [5.41, 5.74) is 8.75. The van der Waals surface area contributed by atoms with Crippen LogP contribution in [-0.2, 0) is 19.3 Å². The van der Waals surface area contributed by atoms with Crippen LogP contribution in [0.15, 0.2) is 30.5 Å². The molecule has 0 bridgehead atoms. The van der Waals surface area contributed by atoms with E-state index in [4.69, 9.17) is 5.73 Å². The van der Waals surface area contributed by atoms with Crippen LogP contribution in [0, 0.1) is 5.82 Å². The standard InChI is InChI=1S/C15H18FN3/c1-2-14-12(7-8-17)10-18-15(19-14)9-11-3-5-13(16)6-4-11/h3-6,10H,2,7-9,17H2,1H3. The van der Waals surface area contributed by atoms with Gasteiger partial charge in [0.15, 0.2) is 0 Å². The van der Waals surface area contributed by atoms with Gasteiger partial charge >= 0.3 is 0 Å². The van der Waals surface area contributed by atoms with Crippen molar-refractivity contribution in [2.75, 3.05) is 6.54 Å². The monoisotopic (exact) mass is 259 g/mol. The van der Waals surface area contributed by atoms with Gasteiger partial charge in [-0.05, 0) is 42.6 Å². The molecule has 3 nitrogen and oxygen atoms in total. The number of nitrogens with two attached hydrogens (primary N) is 1. The summed E-state index contributed by atoms with van der Waals surface area (Å²) in [5.74, 6) is 0.543. The normalized spacial score (nSPS) is 10.7. The molecule has 0 spiro atoms. The van der Waals surface area contributed by atoms with Crippen LogP contribution in [0.1, 0.15) is 29.6 Å². The highest BCUT2D eigenvalue weighted by molar-refractivity contribution is 5.23. The van der Waals surface area contributed by atoms with Gasteiger partial charge in [-0.1, -0.05) is 19.1 Å². The van der Waals surface area contributed by atoms with Crippen LogP contribution in [0.3, 0.4) is 0 Å². The predicted octanol–water partition coefficient (Wildman–Crippen LogP) is 2.27. The van der Waals surface area contributed by atoms with Crippen LogP contribution in [0.4, 0.5) is 4.39 Å². The van der Waals surface area contributed by atoms with Gasteiger partial charge in [-0.15, -0.1) is 0 Å². The number of rotatable bonds is 5. The Morgan fingerprint density at radius 2 is 1.95 bits per heavy atom. The minimum atomic E-state index is -0.225. The van der Waals surface area contributed by atoms with Crippen molar-refractivity contribution in [3.63, 3.8) is 0 Å². The number of halogens is 1. The van der Waals surface area contributed by atoms with E-state index in [-0.39, 0.29) is 5.82 Å². The van der Waals surface area contributed by atoms with E-state index in [1.165, 1.54) is 12.1 Å². The van der Waals surface area contributed by atoms with Crippen molar-refractivity contribution in [3.05, 3.63) is 58.9 Å². The Bertz CT molecular complexity index is 538. The summed E-state index contributed by atoms with van der Waals surface area (Å²) in [6.07, 6.45) is 4.15. The Morgan fingerprint density at radius 1 is 1.21 bits per heavy atom. The second-order valence-corrected chi connectivity index (χ2v) is 4.45. The molecule has 4 heteroatoms. The maximum absolute atomic E-state index is 12.8. The van der Waals surface area contributed by atoms with Gasteiger partial charge in [0, 0.05) is 18.3 Å². The Labute approximate surface area is 112 Å². The van der Waals surface area contributed by atoms with Gasteiger partial charge in [-0.2, -0.15) is 0 Å². The second kappa shape index (κ2) is 6.38. The Hall–Kier alpha value is -1.81. The molecule has 19 heavy (non-hydrogen) atoms. The van der Waals surface area contributed by atoms with Gasteiger partial charge < -0.3 is 5.73 Å². The first kappa shape index (κ1) is 13.6. The highest BCUT2D eigenvalue weighted by Crippen LogP contribution is 2.11. The molecule has 0 amide bonds. The van der Waals surface area contributed by atoms with Gasteiger partial charge in [0.1, 0.15) is 11.6 Å². The quantitative estimate of drug-likeness (QED) is 0.896. The molecule has 2 aromatic rings. The topological polar surface area (TPSA) is 51.8 Å². The van der Waals surface area contributed by atoms with Crippen molar-refractivity contribution >= 4 is 0 Å². The van der Waals surface area contributed by atoms with Crippen LogP contribution in [0.25, 0.3) is 0 Å². The minimum Gasteiger partial charge on any atom is -0.330 e. The molecule has 0 saturated carbocycles. The molecule has 0 fully saturated rings. The first-order chi connectivity index (χ1) is 9.22. The third kappa shape index (κ3) is 3.58. The zero-order valence-corrected chi connectivity index (χ0v) is 11.1. The Kier molecular flexibility index (Phi) is 4.58. The van der Waals surface area contributed by atoms with E-state index < -0.39 is 0 Å². The summed E-state index contributed by atoms with van der Waals surface area (Å²) in [6.45, 7) is 2.68. The van der Waals surface area contributed by atoms with Crippen LogP contribution < -0.4 is 5.73 Å². The molecule has 2 N–H and O–H groups in total. The summed E-state index contributed by atoms with van der Waals surface area (Å²) in [5, 5.41) is 0. The van der Waals surface area contributed by atoms with Crippen LogP contribution in [-0.4, -0.2) is 16.5 Å². The Balaban J connectivity index is 2.18. The lowest BCUT2D eigenvalue weighted by Crippen LogP contribution is -2.09. The number of nitrogens with zero attached hydrogens (tertiary/aromatic N) is 2. The fourth-order valence-electron chi connectivity index (χ4n) is 2.02. The molecule has 1 aromatic carbocycles. The smallest absolute Gasteiger partial charge is 0.132 e. The van der Waals surface area contributed by atoms with E-state index in [0.29, 0.717) is 13.0 Å². The number of aromatic nitrogens is 2. The SMILES string of the molecule is CCc1nc(Cc2ccc(F)cc2)ncc1CCN. The van der Waals surface area contributed by atoms with Crippen molar-refractivity contribution in [3.8, 4) is 0 Å². The first-order valence-electron chi connectivity index (χ1n) is 6.51. The average Bonchev–Trinajstić information content (AvgIpc) is 2.43. The summed E-state index contributed by atoms with van der Waals surface area (Å²) >= 11 is 0. The molecule has 0 aliphatic rings. The summed E-state index contributed by atoms with van der Waals surface area (Å²) in [6, 6.07) is 6.44. The highest BCUT2D eigenvalue weighted by Gasteiger charge is 2.06. The molecule has 1 aromatic heterocycles. The fourth-order valence-corrected chi connectivity index (χ4v) is 2.02. The zero-order chi connectivity index (χ0) is 13.7. The molecular formula is C15H18FN3. The lowest BCUT2D eigenvalue weighted by molar-refractivity contribution is 0.627. The highest BCUT2D eigenvalue weighted by atomic mass is 19.1. The van der Waals surface area contributed by atoms with E-state index in [0.717, 1.165) is 35.5 Å². The summed E-state index contributed by atoms with van der Waals surface area (Å²) in [4.78, 5) is 8.93. The third-order valence-electron chi connectivity index (χ3n) is 3.03. The first-order valence-corrected chi connectivity index (χ1v) is 6.51. The largest absolute Gasteiger partial charge is 0.330 e. The van der Waals surface area contributed by atoms with Crippen molar-refractivity contribution in [1.29, 1.82) is 0 Å². The zero-order valence-electron chi connectivity index (χ0n) is 11.1. The molecule has 0 radical (unpaired) electrons. The molecule has 0 aliphatic carbocycles. The van der Waals surface area contributed by atoms with E-state index >= 15 is 0 Å². The predicted molar refractivity (Wildman–Crippen MR) is 73.4 cm³/mol. The van der Waals surface area contributed by atoms with E-state index in [2.05, 4.69) is 16.9 Å². The van der Waals surface area contributed by atoms with Gasteiger partial charge in [-0.3, -0.25) is 0 Å². The lowest BCUT2D eigenvalue weighted by Gasteiger charge is -2.08. The molecule has 100 valence electrons. The number of benzene rings is 1. The van der Waals surface area contributed by atoms with Crippen molar-refractivity contribution in [2.24, 2.45) is 5.73 Å². The molecule has 0 atom stereocenters. The summed E-state index contributed by atoms with van der Waals surface area (Å²) in [7, 11) is 0. The molecule has 1 heterocycles. The van der Waals surface area contributed by atoms with Crippen molar-refractivity contribution < 1.29 is 4.39 Å². The molecular weight excluding hydrogens is 241 g/mol. The molecule has 0 unspecified atom stereocenters. The minimum absolute atomic E-state index is 0.225. The van der Waals surface area contributed by atoms with Crippen molar-refractivity contribution in [2.45, 2.75) is 26.2 Å². The molecule has 2 rings (SSSR count). The average molecular weight is 259 g/mol. The molecule has 0 saturated heterocycles. The summed E-state index contributed by atoms with van der Waals surface area (Å²) < 4.78 is 12.8. The van der Waals surface area contributed by atoms with Gasteiger partial charge in [0.25, 0.3) is 0 Å².